The Labute approximate surface area is 80.5 Å². The van der Waals surface area contributed by atoms with Gasteiger partial charge in [-0.2, -0.15) is 0 Å². The van der Waals surface area contributed by atoms with Crippen molar-refractivity contribution in [3.05, 3.63) is 24.3 Å². The molecule has 0 amide bonds. The molecule has 0 spiro atoms. The molecule has 2 aliphatic rings. The standard InChI is InChI=1S/C12H18O/c1-2-3-8-13-10-12-6-4-11(9-12)5-7-12/h2-4,6,11H,5,7-10H2,1H3. The van der Waals surface area contributed by atoms with Crippen molar-refractivity contribution in [3.8, 4) is 0 Å². The second-order valence-electron chi connectivity index (χ2n) is 4.31. The maximum absolute atomic E-state index is 5.64. The third kappa shape index (κ3) is 1.86. The van der Waals surface area contributed by atoms with Crippen LogP contribution in [0.4, 0.5) is 0 Å². The van der Waals surface area contributed by atoms with Crippen molar-refractivity contribution in [3.63, 3.8) is 0 Å². The highest BCUT2D eigenvalue weighted by atomic mass is 16.5. The normalized spacial score (nSPS) is 36.5. The Morgan fingerprint density at radius 1 is 1.62 bits per heavy atom. The van der Waals surface area contributed by atoms with Gasteiger partial charge in [0.1, 0.15) is 0 Å². The molecule has 0 aromatic heterocycles. The fourth-order valence-electron chi connectivity index (χ4n) is 2.46. The zero-order valence-electron chi connectivity index (χ0n) is 8.33. The zero-order valence-corrected chi connectivity index (χ0v) is 8.33. The first-order valence-corrected chi connectivity index (χ1v) is 5.23. The molecule has 72 valence electrons. The second-order valence-corrected chi connectivity index (χ2v) is 4.31. The topological polar surface area (TPSA) is 9.23 Å². The average Bonchev–Trinajstić information content (AvgIpc) is 2.72. The van der Waals surface area contributed by atoms with Gasteiger partial charge in [0.15, 0.2) is 0 Å². The summed E-state index contributed by atoms with van der Waals surface area (Å²) in [6.07, 6.45) is 12.9. The lowest BCUT2D eigenvalue weighted by Gasteiger charge is -2.22. The van der Waals surface area contributed by atoms with Gasteiger partial charge in [-0.15, -0.1) is 0 Å². The summed E-state index contributed by atoms with van der Waals surface area (Å²) >= 11 is 0. The van der Waals surface area contributed by atoms with Crippen LogP contribution < -0.4 is 0 Å². The number of allylic oxidation sites excluding steroid dienone is 2. The van der Waals surface area contributed by atoms with Gasteiger partial charge in [0.05, 0.1) is 13.2 Å². The van der Waals surface area contributed by atoms with Crippen molar-refractivity contribution < 1.29 is 4.74 Å². The maximum Gasteiger partial charge on any atom is 0.0647 e. The molecule has 13 heavy (non-hydrogen) atoms. The fourth-order valence-corrected chi connectivity index (χ4v) is 2.46. The van der Waals surface area contributed by atoms with E-state index in [-0.39, 0.29) is 0 Å². The van der Waals surface area contributed by atoms with Crippen LogP contribution in [-0.4, -0.2) is 13.2 Å². The summed E-state index contributed by atoms with van der Waals surface area (Å²) in [6.45, 7) is 3.73. The number of hydrogen-bond acceptors (Lipinski definition) is 1. The third-order valence-electron chi connectivity index (χ3n) is 3.24. The summed E-state index contributed by atoms with van der Waals surface area (Å²) in [7, 11) is 0. The zero-order chi connectivity index (χ0) is 9.15. The highest BCUT2D eigenvalue weighted by Crippen LogP contribution is 2.49. The van der Waals surface area contributed by atoms with Crippen LogP contribution in [0, 0.1) is 11.3 Å². The number of hydrogen-bond donors (Lipinski definition) is 0. The van der Waals surface area contributed by atoms with E-state index in [1.165, 1.54) is 19.3 Å². The Bertz CT molecular complexity index is 229. The molecular formula is C12H18O. The quantitative estimate of drug-likeness (QED) is 0.475. The highest BCUT2D eigenvalue weighted by Gasteiger charge is 2.40. The molecule has 2 rings (SSSR count). The predicted molar refractivity (Wildman–Crippen MR) is 54.5 cm³/mol. The summed E-state index contributed by atoms with van der Waals surface area (Å²) in [6, 6.07) is 0. The smallest absolute Gasteiger partial charge is 0.0647 e. The van der Waals surface area contributed by atoms with E-state index in [1.54, 1.807) is 0 Å². The molecule has 0 aromatic rings. The summed E-state index contributed by atoms with van der Waals surface area (Å²) in [4.78, 5) is 0. The Hall–Kier alpha value is -0.560. The number of rotatable bonds is 4. The molecular weight excluding hydrogens is 160 g/mol. The molecule has 2 aliphatic carbocycles. The van der Waals surface area contributed by atoms with E-state index < -0.39 is 0 Å². The second kappa shape index (κ2) is 3.67. The molecule has 1 nitrogen and oxygen atoms in total. The van der Waals surface area contributed by atoms with Gasteiger partial charge in [-0.1, -0.05) is 24.3 Å². The van der Waals surface area contributed by atoms with E-state index in [0.29, 0.717) is 5.41 Å². The van der Waals surface area contributed by atoms with Gasteiger partial charge >= 0.3 is 0 Å². The molecule has 0 N–H and O–H groups in total. The van der Waals surface area contributed by atoms with Crippen LogP contribution in [0.2, 0.25) is 0 Å². The monoisotopic (exact) mass is 178 g/mol. The average molecular weight is 178 g/mol. The first-order valence-electron chi connectivity index (χ1n) is 5.23. The van der Waals surface area contributed by atoms with E-state index in [1.807, 2.05) is 13.0 Å². The molecule has 0 aromatic carbocycles. The van der Waals surface area contributed by atoms with Crippen molar-refractivity contribution in [2.75, 3.05) is 13.2 Å². The van der Waals surface area contributed by atoms with E-state index >= 15 is 0 Å². The summed E-state index contributed by atoms with van der Waals surface area (Å²) in [5, 5.41) is 0. The van der Waals surface area contributed by atoms with E-state index in [0.717, 1.165) is 19.1 Å². The SMILES string of the molecule is CC=CCOCC12C=CC(CC1)C2. The minimum Gasteiger partial charge on any atom is -0.376 e. The van der Waals surface area contributed by atoms with Gasteiger partial charge in [-0.05, 0) is 32.1 Å². The minimum atomic E-state index is 0.423. The van der Waals surface area contributed by atoms with Gasteiger partial charge in [-0.25, -0.2) is 0 Å². The Morgan fingerprint density at radius 3 is 3.08 bits per heavy atom. The van der Waals surface area contributed by atoms with Crippen molar-refractivity contribution in [2.24, 2.45) is 11.3 Å². The molecule has 0 radical (unpaired) electrons. The first kappa shape index (κ1) is 9.01. The molecule has 1 fully saturated rings. The van der Waals surface area contributed by atoms with Crippen LogP contribution in [0.15, 0.2) is 24.3 Å². The van der Waals surface area contributed by atoms with Crippen molar-refractivity contribution in [1.82, 2.24) is 0 Å². The number of fused-ring (bicyclic) bond motifs is 2. The van der Waals surface area contributed by atoms with E-state index in [4.69, 9.17) is 4.74 Å². The Morgan fingerprint density at radius 2 is 2.54 bits per heavy atom. The van der Waals surface area contributed by atoms with Gasteiger partial charge < -0.3 is 4.74 Å². The Balaban J connectivity index is 1.78. The van der Waals surface area contributed by atoms with Crippen LogP contribution >= 0.6 is 0 Å². The van der Waals surface area contributed by atoms with Gasteiger partial charge in [-0.3, -0.25) is 0 Å². The number of ether oxygens (including phenoxy) is 1. The first-order chi connectivity index (χ1) is 6.35. The molecule has 0 aliphatic heterocycles. The fraction of sp³-hybridized carbons (Fsp3) is 0.667. The van der Waals surface area contributed by atoms with Crippen molar-refractivity contribution in [1.29, 1.82) is 0 Å². The van der Waals surface area contributed by atoms with Crippen molar-refractivity contribution >= 4 is 0 Å². The van der Waals surface area contributed by atoms with Gasteiger partial charge in [0, 0.05) is 5.41 Å². The lowest BCUT2D eigenvalue weighted by Crippen LogP contribution is -2.19. The van der Waals surface area contributed by atoms with Crippen LogP contribution in [0.25, 0.3) is 0 Å². The molecule has 1 heteroatoms. The van der Waals surface area contributed by atoms with Crippen LogP contribution in [-0.2, 0) is 4.74 Å². The minimum absolute atomic E-state index is 0.423. The maximum atomic E-state index is 5.64. The molecule has 1 saturated carbocycles. The molecule has 2 atom stereocenters. The van der Waals surface area contributed by atoms with Crippen molar-refractivity contribution in [2.45, 2.75) is 26.2 Å². The van der Waals surface area contributed by atoms with E-state index in [9.17, 15) is 0 Å². The largest absolute Gasteiger partial charge is 0.376 e. The molecule has 0 heterocycles. The molecule has 2 bridgehead atoms. The summed E-state index contributed by atoms with van der Waals surface area (Å²) in [5.74, 6) is 0.866. The van der Waals surface area contributed by atoms with Gasteiger partial charge in [0.25, 0.3) is 0 Å². The van der Waals surface area contributed by atoms with Crippen LogP contribution in [0.5, 0.6) is 0 Å². The molecule has 0 saturated heterocycles. The van der Waals surface area contributed by atoms with Crippen LogP contribution in [0.3, 0.4) is 0 Å². The lowest BCUT2D eigenvalue weighted by molar-refractivity contribution is 0.0916. The highest BCUT2D eigenvalue weighted by molar-refractivity contribution is 5.15. The van der Waals surface area contributed by atoms with E-state index in [2.05, 4.69) is 18.2 Å². The summed E-state index contributed by atoms with van der Waals surface area (Å²) in [5.41, 5.74) is 0.423. The lowest BCUT2D eigenvalue weighted by atomic mass is 9.89. The summed E-state index contributed by atoms with van der Waals surface area (Å²) < 4.78 is 5.64. The van der Waals surface area contributed by atoms with Gasteiger partial charge in [0.2, 0.25) is 0 Å². The third-order valence-corrected chi connectivity index (χ3v) is 3.24. The Kier molecular flexibility index (Phi) is 2.54. The predicted octanol–water partition coefficient (Wildman–Crippen LogP) is 2.94. The molecule has 2 unspecified atom stereocenters. The van der Waals surface area contributed by atoms with Crippen LogP contribution in [0.1, 0.15) is 26.2 Å².